The minimum Gasteiger partial charge on any atom is -0.453 e. The molecule has 2 aromatic rings. The van der Waals surface area contributed by atoms with Gasteiger partial charge in [-0.05, 0) is 19.9 Å². The number of nitrogens with zero attached hydrogens (tertiary/aromatic N) is 4. The first-order valence-corrected chi connectivity index (χ1v) is 5.65. The molecule has 0 aromatic carbocycles. The molecular formula is C12H15N5O2. The maximum absolute atomic E-state index is 8.63. The zero-order valence-corrected chi connectivity index (χ0v) is 11.0. The van der Waals surface area contributed by atoms with Crippen molar-refractivity contribution in [2.24, 2.45) is 17.9 Å². The fourth-order valence-corrected chi connectivity index (χ4v) is 1.69. The summed E-state index contributed by atoms with van der Waals surface area (Å²) in [6.07, 6.45) is 1.53. The van der Waals surface area contributed by atoms with Crippen LogP contribution in [0, 0.1) is 13.8 Å². The Balaban J connectivity index is 2.34. The smallest absolute Gasteiger partial charge is 0.188 e. The molecule has 3 N–H and O–H groups in total. The maximum atomic E-state index is 8.63. The lowest BCUT2D eigenvalue weighted by Crippen LogP contribution is -2.14. The van der Waals surface area contributed by atoms with Gasteiger partial charge >= 0.3 is 0 Å². The SMILES string of the molecule is Cc1nn(C)c(C)c1Oc1ccnc(C(N)=NO)c1. The van der Waals surface area contributed by atoms with Crippen molar-refractivity contribution in [1.29, 1.82) is 0 Å². The Morgan fingerprint density at radius 1 is 1.47 bits per heavy atom. The lowest BCUT2D eigenvalue weighted by molar-refractivity contribution is 0.318. The lowest BCUT2D eigenvalue weighted by atomic mass is 10.3. The second-order valence-electron chi connectivity index (χ2n) is 4.09. The normalized spacial score (nSPS) is 11.6. The van der Waals surface area contributed by atoms with Gasteiger partial charge in [-0.1, -0.05) is 5.16 Å². The highest BCUT2D eigenvalue weighted by molar-refractivity contribution is 5.95. The van der Waals surface area contributed by atoms with Crippen molar-refractivity contribution in [2.45, 2.75) is 13.8 Å². The molecule has 0 amide bonds. The molecule has 0 saturated heterocycles. The van der Waals surface area contributed by atoms with E-state index in [9.17, 15) is 0 Å². The average Bonchev–Trinajstić information content (AvgIpc) is 2.65. The molecule has 0 aliphatic heterocycles. The zero-order valence-electron chi connectivity index (χ0n) is 11.0. The zero-order chi connectivity index (χ0) is 14.0. The van der Waals surface area contributed by atoms with E-state index < -0.39 is 0 Å². The van der Waals surface area contributed by atoms with E-state index in [-0.39, 0.29) is 5.84 Å². The van der Waals surface area contributed by atoms with Crippen LogP contribution < -0.4 is 10.5 Å². The maximum Gasteiger partial charge on any atom is 0.188 e. The Kier molecular flexibility index (Phi) is 3.37. The minimum absolute atomic E-state index is 0.0647. The third-order valence-electron chi connectivity index (χ3n) is 2.76. The molecule has 0 radical (unpaired) electrons. The number of rotatable bonds is 3. The molecule has 2 rings (SSSR count). The summed E-state index contributed by atoms with van der Waals surface area (Å²) in [6, 6.07) is 3.29. The molecule has 0 fully saturated rings. The third kappa shape index (κ3) is 2.49. The second kappa shape index (κ2) is 4.97. The first kappa shape index (κ1) is 12.9. The first-order valence-electron chi connectivity index (χ1n) is 5.65. The molecule has 7 heteroatoms. The van der Waals surface area contributed by atoms with Crippen molar-refractivity contribution in [3.8, 4) is 11.5 Å². The van der Waals surface area contributed by atoms with Crippen molar-refractivity contribution in [3.05, 3.63) is 35.4 Å². The summed E-state index contributed by atoms with van der Waals surface area (Å²) in [5.41, 5.74) is 7.54. The fourth-order valence-electron chi connectivity index (χ4n) is 1.69. The molecule has 0 aliphatic carbocycles. The van der Waals surface area contributed by atoms with Gasteiger partial charge in [-0.3, -0.25) is 9.67 Å². The standard InChI is InChI=1S/C12H15N5O2/c1-7-11(8(2)17(3)15-7)19-9-4-5-14-10(6-9)12(13)16-18/h4-6,18H,1-3H3,(H2,13,16). The van der Waals surface area contributed by atoms with Gasteiger partial charge in [-0.25, -0.2) is 0 Å². The van der Waals surface area contributed by atoms with Crippen molar-refractivity contribution in [2.75, 3.05) is 0 Å². The number of hydrogen-bond acceptors (Lipinski definition) is 5. The van der Waals surface area contributed by atoms with Crippen LogP contribution in [0.3, 0.4) is 0 Å². The number of aryl methyl sites for hydroxylation is 2. The van der Waals surface area contributed by atoms with E-state index in [2.05, 4.69) is 15.2 Å². The molecule has 19 heavy (non-hydrogen) atoms. The highest BCUT2D eigenvalue weighted by Gasteiger charge is 2.12. The van der Waals surface area contributed by atoms with Gasteiger partial charge in [0.15, 0.2) is 11.6 Å². The van der Waals surface area contributed by atoms with Crippen LogP contribution in [-0.4, -0.2) is 25.8 Å². The molecule has 0 aliphatic rings. The number of nitrogens with two attached hydrogens (primary N) is 1. The molecule has 0 unspecified atom stereocenters. The second-order valence-corrected chi connectivity index (χ2v) is 4.09. The van der Waals surface area contributed by atoms with Gasteiger partial charge in [0.25, 0.3) is 0 Å². The van der Waals surface area contributed by atoms with Gasteiger partial charge in [-0.15, -0.1) is 0 Å². The molecular weight excluding hydrogens is 246 g/mol. The highest BCUT2D eigenvalue weighted by Crippen LogP contribution is 2.27. The minimum atomic E-state index is -0.0647. The molecule has 7 nitrogen and oxygen atoms in total. The van der Waals surface area contributed by atoms with Crippen LogP contribution in [0.2, 0.25) is 0 Å². The van der Waals surface area contributed by atoms with E-state index in [1.54, 1.807) is 16.8 Å². The van der Waals surface area contributed by atoms with E-state index in [0.717, 1.165) is 11.4 Å². The largest absolute Gasteiger partial charge is 0.453 e. The van der Waals surface area contributed by atoms with Crippen molar-refractivity contribution in [3.63, 3.8) is 0 Å². The van der Waals surface area contributed by atoms with Gasteiger partial charge in [-0.2, -0.15) is 5.10 Å². The summed E-state index contributed by atoms with van der Waals surface area (Å²) >= 11 is 0. The van der Waals surface area contributed by atoms with Crippen LogP contribution >= 0.6 is 0 Å². The Bertz CT molecular complexity index is 633. The molecule has 2 aromatic heterocycles. The van der Waals surface area contributed by atoms with Crippen LogP contribution in [0.4, 0.5) is 0 Å². The van der Waals surface area contributed by atoms with Gasteiger partial charge in [0.1, 0.15) is 17.1 Å². The predicted molar refractivity (Wildman–Crippen MR) is 69.5 cm³/mol. The average molecular weight is 261 g/mol. The summed E-state index contributed by atoms with van der Waals surface area (Å²) < 4.78 is 7.53. The molecule has 0 bridgehead atoms. The van der Waals surface area contributed by atoms with Gasteiger partial charge < -0.3 is 15.7 Å². The van der Waals surface area contributed by atoms with Crippen LogP contribution in [0.25, 0.3) is 0 Å². The van der Waals surface area contributed by atoms with Crippen LogP contribution in [0.15, 0.2) is 23.5 Å². The van der Waals surface area contributed by atoms with Crippen molar-refractivity contribution < 1.29 is 9.94 Å². The molecule has 0 saturated carbocycles. The van der Waals surface area contributed by atoms with Crippen LogP contribution in [0.1, 0.15) is 17.1 Å². The third-order valence-corrected chi connectivity index (χ3v) is 2.76. The summed E-state index contributed by atoms with van der Waals surface area (Å²) in [4.78, 5) is 3.99. The molecule has 0 spiro atoms. The molecule has 100 valence electrons. The summed E-state index contributed by atoms with van der Waals surface area (Å²) in [5, 5.41) is 15.8. The quantitative estimate of drug-likeness (QED) is 0.376. The number of ether oxygens (including phenoxy) is 1. The van der Waals surface area contributed by atoms with E-state index in [4.69, 9.17) is 15.7 Å². The lowest BCUT2D eigenvalue weighted by Gasteiger charge is -2.07. The van der Waals surface area contributed by atoms with Gasteiger partial charge in [0.2, 0.25) is 0 Å². The summed E-state index contributed by atoms with van der Waals surface area (Å²) in [7, 11) is 1.85. The molecule has 2 heterocycles. The molecule has 0 atom stereocenters. The highest BCUT2D eigenvalue weighted by atomic mass is 16.5. The topological polar surface area (TPSA) is 98.5 Å². The Hall–Kier alpha value is -2.57. The van der Waals surface area contributed by atoms with E-state index in [1.807, 2.05) is 20.9 Å². The van der Waals surface area contributed by atoms with Crippen LogP contribution in [0.5, 0.6) is 11.5 Å². The Morgan fingerprint density at radius 2 is 2.21 bits per heavy atom. The van der Waals surface area contributed by atoms with E-state index in [1.165, 1.54) is 6.20 Å². The number of amidine groups is 1. The van der Waals surface area contributed by atoms with E-state index >= 15 is 0 Å². The van der Waals surface area contributed by atoms with Gasteiger partial charge in [0, 0.05) is 19.3 Å². The number of aromatic nitrogens is 3. The van der Waals surface area contributed by atoms with Gasteiger partial charge in [0.05, 0.1) is 5.69 Å². The predicted octanol–water partition coefficient (Wildman–Crippen LogP) is 1.32. The van der Waals surface area contributed by atoms with Crippen molar-refractivity contribution in [1.82, 2.24) is 14.8 Å². The number of pyridine rings is 1. The fraction of sp³-hybridized carbons (Fsp3) is 0.250. The number of oxime groups is 1. The first-order chi connectivity index (χ1) is 9.02. The summed E-state index contributed by atoms with van der Waals surface area (Å²) in [6.45, 7) is 3.79. The Morgan fingerprint density at radius 3 is 2.79 bits per heavy atom. The van der Waals surface area contributed by atoms with Crippen LogP contribution in [-0.2, 0) is 7.05 Å². The van der Waals surface area contributed by atoms with E-state index in [0.29, 0.717) is 17.2 Å². The monoisotopic (exact) mass is 261 g/mol. The Labute approximate surface area is 110 Å². The summed E-state index contributed by atoms with van der Waals surface area (Å²) in [5.74, 6) is 1.18. The van der Waals surface area contributed by atoms with Crippen molar-refractivity contribution >= 4 is 5.84 Å². The number of hydrogen-bond donors (Lipinski definition) is 2.